The third kappa shape index (κ3) is 4.84. The van der Waals surface area contributed by atoms with Crippen molar-refractivity contribution in [3.05, 3.63) is 71.0 Å². The molecule has 4 aromatic rings. The van der Waals surface area contributed by atoms with Gasteiger partial charge in [-0.1, -0.05) is 30.3 Å². The number of halogens is 1. The van der Waals surface area contributed by atoms with Crippen LogP contribution < -0.4 is 10.6 Å². The monoisotopic (exact) mass is 466 g/mol. The molecule has 0 aliphatic rings. The minimum absolute atomic E-state index is 0.760. The molecule has 0 spiro atoms. The van der Waals surface area contributed by atoms with Gasteiger partial charge in [0.05, 0.1) is 16.4 Å². The van der Waals surface area contributed by atoms with E-state index in [1.54, 1.807) is 6.20 Å². The number of nitrogens with one attached hydrogen (secondary N) is 1. The van der Waals surface area contributed by atoms with Gasteiger partial charge in [0.25, 0.3) is 0 Å². The topological polar surface area (TPSA) is 75.0 Å². The first-order valence-corrected chi connectivity index (χ1v) is 10.7. The predicted octanol–water partition coefficient (Wildman–Crippen LogP) is 2.92. The highest BCUT2D eigenvalue weighted by Gasteiger charge is 2.14. The Labute approximate surface area is 184 Å². The first kappa shape index (κ1) is 20.5. The number of likely N-dealkylation sites (N-methyl/N-ethyl adjacent to an activating group) is 1. The predicted molar refractivity (Wildman–Crippen MR) is 123 cm³/mol. The van der Waals surface area contributed by atoms with Crippen molar-refractivity contribution in [2.75, 3.05) is 32.5 Å². The molecule has 8 heteroatoms. The molecule has 0 atom stereocenters. The van der Waals surface area contributed by atoms with E-state index in [1.807, 2.05) is 35.0 Å². The van der Waals surface area contributed by atoms with Gasteiger partial charge in [0, 0.05) is 36.5 Å². The van der Waals surface area contributed by atoms with E-state index in [-0.39, 0.29) is 0 Å². The van der Waals surface area contributed by atoms with Gasteiger partial charge in [-0.15, -0.1) is 0 Å². The highest BCUT2D eigenvalue weighted by molar-refractivity contribution is 9.10. The number of rotatable bonds is 8. The standard InChI is InChI=1S/C22H24BrN7/c1-29(2)11-10-24-20-9-8-16(13-25-20)14-26-21-12-19(17-6-4-3-5-7-17)28-22-18(23)15-27-30(21)22/h3-9,12-13,15,26H,10-11,14H2,1-2H3,(H,24,25)/p+1. The SMILES string of the molecule is CN(C)CCNc1ccc(C[NH2+]c2cc(-c3ccccc3)nc3c(Br)cnn23)cn1. The molecule has 3 N–H and O–H groups in total. The molecule has 3 heterocycles. The largest absolute Gasteiger partial charge is 0.369 e. The zero-order valence-corrected chi connectivity index (χ0v) is 18.7. The first-order chi connectivity index (χ1) is 14.6. The second-order valence-corrected chi connectivity index (χ2v) is 8.20. The summed E-state index contributed by atoms with van der Waals surface area (Å²) in [4.78, 5) is 11.5. The number of hydrogen-bond donors (Lipinski definition) is 2. The van der Waals surface area contributed by atoms with E-state index in [1.165, 1.54) is 0 Å². The minimum atomic E-state index is 0.760. The van der Waals surface area contributed by atoms with Gasteiger partial charge in [-0.05, 0) is 42.2 Å². The summed E-state index contributed by atoms with van der Waals surface area (Å²) in [5, 5.41) is 9.98. The summed E-state index contributed by atoms with van der Waals surface area (Å²) in [7, 11) is 4.12. The Kier molecular flexibility index (Phi) is 6.37. The Balaban J connectivity index is 1.51. The highest BCUT2D eigenvalue weighted by Crippen LogP contribution is 2.24. The van der Waals surface area contributed by atoms with Gasteiger partial charge in [-0.3, -0.25) is 5.32 Å². The van der Waals surface area contributed by atoms with Crippen molar-refractivity contribution < 1.29 is 5.32 Å². The van der Waals surface area contributed by atoms with Gasteiger partial charge >= 0.3 is 0 Å². The fourth-order valence-corrected chi connectivity index (χ4v) is 3.49. The molecule has 1 aromatic carbocycles. The average Bonchev–Trinajstić information content (AvgIpc) is 3.14. The maximum absolute atomic E-state index is 4.78. The van der Waals surface area contributed by atoms with E-state index in [2.05, 4.69) is 79.9 Å². The van der Waals surface area contributed by atoms with Crippen LogP contribution >= 0.6 is 15.9 Å². The van der Waals surface area contributed by atoms with Crippen LogP contribution in [0.2, 0.25) is 0 Å². The molecule has 0 saturated heterocycles. The van der Waals surface area contributed by atoms with Gasteiger partial charge in [0.2, 0.25) is 5.82 Å². The number of fused-ring (bicyclic) bond motifs is 1. The van der Waals surface area contributed by atoms with E-state index in [0.29, 0.717) is 0 Å². The second kappa shape index (κ2) is 9.34. The zero-order chi connectivity index (χ0) is 20.9. The fourth-order valence-electron chi connectivity index (χ4n) is 3.14. The van der Waals surface area contributed by atoms with Gasteiger partial charge in [-0.25, -0.2) is 9.97 Å². The van der Waals surface area contributed by atoms with Gasteiger partial charge in [0.15, 0.2) is 5.65 Å². The molecular formula is C22H25BrN7+. The van der Waals surface area contributed by atoms with Crippen LogP contribution in [-0.2, 0) is 6.54 Å². The number of benzene rings is 1. The van der Waals surface area contributed by atoms with E-state index >= 15 is 0 Å². The summed E-state index contributed by atoms with van der Waals surface area (Å²) in [5.74, 6) is 1.90. The van der Waals surface area contributed by atoms with Crippen molar-refractivity contribution in [2.45, 2.75) is 6.54 Å². The summed E-state index contributed by atoms with van der Waals surface area (Å²) < 4.78 is 2.74. The first-order valence-electron chi connectivity index (χ1n) is 9.86. The lowest BCUT2D eigenvalue weighted by Gasteiger charge is -2.11. The quantitative estimate of drug-likeness (QED) is 0.417. The lowest BCUT2D eigenvalue weighted by molar-refractivity contribution is -0.593. The van der Waals surface area contributed by atoms with Crippen LogP contribution in [0.1, 0.15) is 5.56 Å². The van der Waals surface area contributed by atoms with Gasteiger partial charge < -0.3 is 10.2 Å². The lowest BCUT2D eigenvalue weighted by atomic mass is 10.1. The Morgan fingerprint density at radius 3 is 2.67 bits per heavy atom. The van der Waals surface area contributed by atoms with Gasteiger partial charge in [0.1, 0.15) is 12.4 Å². The fraction of sp³-hybridized carbons (Fsp3) is 0.227. The third-order valence-corrected chi connectivity index (χ3v) is 5.32. The van der Waals surface area contributed by atoms with E-state index in [0.717, 1.165) is 58.2 Å². The van der Waals surface area contributed by atoms with Crippen LogP contribution in [0.4, 0.5) is 11.6 Å². The number of hydrogen-bond acceptors (Lipinski definition) is 5. The minimum Gasteiger partial charge on any atom is -0.369 e. The van der Waals surface area contributed by atoms with Crippen LogP contribution in [0.5, 0.6) is 0 Å². The summed E-state index contributed by atoms with van der Waals surface area (Å²) in [6.45, 7) is 2.60. The smallest absolute Gasteiger partial charge is 0.229 e. The molecule has 0 unspecified atom stereocenters. The maximum atomic E-state index is 4.78. The average molecular weight is 467 g/mol. The Morgan fingerprint density at radius 1 is 1.10 bits per heavy atom. The molecule has 4 rings (SSSR count). The molecule has 0 fully saturated rings. The summed E-state index contributed by atoms with van der Waals surface area (Å²) >= 11 is 3.56. The Hall–Kier alpha value is -2.81. The molecule has 7 nitrogen and oxygen atoms in total. The number of aromatic nitrogens is 4. The molecule has 0 aliphatic carbocycles. The number of quaternary nitrogens is 1. The van der Waals surface area contributed by atoms with Crippen LogP contribution in [0, 0.1) is 0 Å². The van der Waals surface area contributed by atoms with E-state index in [4.69, 9.17) is 4.98 Å². The molecule has 0 aliphatic heterocycles. The molecule has 154 valence electrons. The third-order valence-electron chi connectivity index (χ3n) is 4.76. The van der Waals surface area contributed by atoms with Crippen molar-refractivity contribution >= 4 is 33.2 Å². The van der Waals surface area contributed by atoms with E-state index in [9.17, 15) is 0 Å². The molecule has 0 saturated carbocycles. The van der Waals surface area contributed by atoms with Crippen molar-refractivity contribution in [2.24, 2.45) is 0 Å². The number of anilines is 1. The molecule has 30 heavy (non-hydrogen) atoms. The van der Waals surface area contributed by atoms with Crippen molar-refractivity contribution in [3.63, 3.8) is 0 Å². The number of nitrogens with two attached hydrogens (primary N) is 1. The molecule has 0 radical (unpaired) electrons. The Morgan fingerprint density at radius 2 is 1.93 bits per heavy atom. The van der Waals surface area contributed by atoms with E-state index < -0.39 is 0 Å². The Bertz CT molecular complexity index is 1110. The number of nitrogens with zero attached hydrogens (tertiary/aromatic N) is 5. The van der Waals surface area contributed by atoms with Gasteiger partial charge in [-0.2, -0.15) is 9.61 Å². The second-order valence-electron chi connectivity index (χ2n) is 7.35. The van der Waals surface area contributed by atoms with Crippen molar-refractivity contribution in [1.82, 2.24) is 24.5 Å². The normalized spacial score (nSPS) is 11.3. The summed E-state index contributed by atoms with van der Waals surface area (Å²) in [6.07, 6.45) is 3.70. The summed E-state index contributed by atoms with van der Waals surface area (Å²) in [5.41, 5.74) is 3.96. The molecule has 0 amide bonds. The molecule has 0 bridgehead atoms. The van der Waals surface area contributed by atoms with Crippen molar-refractivity contribution in [3.8, 4) is 11.3 Å². The van der Waals surface area contributed by atoms with Crippen LogP contribution in [-0.4, -0.2) is 51.7 Å². The van der Waals surface area contributed by atoms with Crippen LogP contribution in [0.25, 0.3) is 16.9 Å². The van der Waals surface area contributed by atoms with Crippen LogP contribution in [0.3, 0.4) is 0 Å². The zero-order valence-electron chi connectivity index (χ0n) is 17.1. The molecule has 3 aromatic heterocycles. The summed E-state index contributed by atoms with van der Waals surface area (Å²) in [6, 6.07) is 16.4. The van der Waals surface area contributed by atoms with Crippen LogP contribution in [0.15, 0.2) is 65.4 Å². The lowest BCUT2D eigenvalue weighted by Crippen LogP contribution is -2.77. The highest BCUT2D eigenvalue weighted by atomic mass is 79.9. The van der Waals surface area contributed by atoms with Crippen molar-refractivity contribution in [1.29, 1.82) is 0 Å². The maximum Gasteiger partial charge on any atom is 0.229 e. The molecular weight excluding hydrogens is 442 g/mol. The number of pyridine rings is 1.